The van der Waals surface area contributed by atoms with Crippen LogP contribution in [0.1, 0.15) is 16.8 Å². The van der Waals surface area contributed by atoms with Gasteiger partial charge in [0, 0.05) is 17.4 Å². The summed E-state index contributed by atoms with van der Waals surface area (Å²) in [5, 5.41) is 6.57. The zero-order valence-electron chi connectivity index (χ0n) is 14.5. The minimum Gasteiger partial charge on any atom is -0.497 e. The van der Waals surface area contributed by atoms with Gasteiger partial charge < -0.3 is 4.74 Å². The molecular formula is C20H17N3O2S. The molecule has 0 aliphatic heterocycles. The van der Waals surface area contributed by atoms with Gasteiger partial charge in [-0.1, -0.05) is 42.0 Å². The minimum absolute atomic E-state index is 0.280. The first-order chi connectivity index (χ1) is 12.6. The third-order valence-corrected chi connectivity index (χ3v) is 5.04. The van der Waals surface area contributed by atoms with E-state index in [0.29, 0.717) is 17.1 Å². The van der Waals surface area contributed by atoms with E-state index in [2.05, 4.69) is 41.3 Å². The lowest BCUT2D eigenvalue weighted by molar-refractivity contribution is 0.414. The molecule has 0 aliphatic rings. The maximum atomic E-state index is 12.3. The van der Waals surface area contributed by atoms with Crippen molar-refractivity contribution in [1.29, 1.82) is 0 Å². The Hall–Kier alpha value is -2.99. The van der Waals surface area contributed by atoms with Crippen molar-refractivity contribution in [3.05, 3.63) is 81.1 Å². The van der Waals surface area contributed by atoms with Gasteiger partial charge in [-0.25, -0.2) is 4.52 Å². The molecule has 0 saturated carbocycles. The van der Waals surface area contributed by atoms with Crippen molar-refractivity contribution in [3.8, 4) is 17.0 Å². The molecule has 2 aromatic carbocycles. The number of methoxy groups -OCH3 is 1. The first-order valence-electron chi connectivity index (χ1n) is 8.21. The number of benzene rings is 2. The quantitative estimate of drug-likeness (QED) is 0.554. The number of hydrogen-bond acceptors (Lipinski definition) is 5. The van der Waals surface area contributed by atoms with Crippen LogP contribution in [-0.2, 0) is 6.42 Å². The highest BCUT2D eigenvalue weighted by molar-refractivity contribution is 7.15. The highest BCUT2D eigenvalue weighted by Crippen LogP contribution is 2.24. The smallest absolute Gasteiger partial charge is 0.296 e. The van der Waals surface area contributed by atoms with Gasteiger partial charge >= 0.3 is 0 Å². The maximum absolute atomic E-state index is 12.3. The number of rotatable bonds is 4. The SMILES string of the molecule is COc1ccc(Cc2nn3c(-c4ccc(C)cc4)csc3nc2=O)cc1. The summed E-state index contributed by atoms with van der Waals surface area (Å²) in [5.74, 6) is 0.784. The van der Waals surface area contributed by atoms with Gasteiger partial charge in [0.05, 0.1) is 12.8 Å². The summed E-state index contributed by atoms with van der Waals surface area (Å²) < 4.78 is 6.93. The van der Waals surface area contributed by atoms with Crippen LogP contribution in [0.3, 0.4) is 0 Å². The number of ether oxygens (including phenoxy) is 1. The molecule has 130 valence electrons. The second kappa shape index (κ2) is 6.72. The Morgan fingerprint density at radius 3 is 2.50 bits per heavy atom. The topological polar surface area (TPSA) is 56.5 Å². The van der Waals surface area contributed by atoms with Gasteiger partial charge in [-0.2, -0.15) is 10.1 Å². The molecule has 0 aliphatic carbocycles. The molecule has 0 unspecified atom stereocenters. The fourth-order valence-corrected chi connectivity index (χ4v) is 3.59. The van der Waals surface area contributed by atoms with Gasteiger partial charge in [0.15, 0.2) is 0 Å². The molecule has 0 atom stereocenters. The summed E-state index contributed by atoms with van der Waals surface area (Å²) in [6.07, 6.45) is 0.432. The van der Waals surface area contributed by atoms with Crippen molar-refractivity contribution in [3.63, 3.8) is 0 Å². The second-order valence-corrected chi connectivity index (χ2v) is 6.91. The van der Waals surface area contributed by atoms with E-state index in [1.54, 1.807) is 11.6 Å². The first-order valence-corrected chi connectivity index (χ1v) is 9.09. The van der Waals surface area contributed by atoms with Crippen molar-refractivity contribution in [2.24, 2.45) is 0 Å². The number of hydrogen-bond donors (Lipinski definition) is 0. The van der Waals surface area contributed by atoms with Crippen molar-refractivity contribution < 1.29 is 4.74 Å². The van der Waals surface area contributed by atoms with E-state index >= 15 is 0 Å². The normalized spacial score (nSPS) is 11.0. The highest BCUT2D eigenvalue weighted by Gasteiger charge is 2.12. The summed E-state index contributed by atoms with van der Waals surface area (Å²) in [5.41, 5.74) is 4.33. The van der Waals surface area contributed by atoms with E-state index < -0.39 is 0 Å². The summed E-state index contributed by atoms with van der Waals surface area (Å²) in [7, 11) is 1.63. The lowest BCUT2D eigenvalue weighted by Crippen LogP contribution is -2.18. The van der Waals surface area contributed by atoms with Gasteiger partial charge in [0.2, 0.25) is 4.96 Å². The van der Waals surface area contributed by atoms with E-state index in [-0.39, 0.29) is 5.56 Å². The Kier molecular flexibility index (Phi) is 4.26. The van der Waals surface area contributed by atoms with Crippen molar-refractivity contribution >= 4 is 16.3 Å². The molecule has 0 amide bonds. The van der Waals surface area contributed by atoms with Crippen LogP contribution in [-0.4, -0.2) is 21.7 Å². The molecular weight excluding hydrogens is 346 g/mol. The standard InChI is InChI=1S/C20H17N3O2S/c1-13-3-7-15(8-4-13)18-12-26-20-21-19(24)17(22-23(18)20)11-14-5-9-16(25-2)10-6-14/h3-10,12H,11H2,1-2H3. The lowest BCUT2D eigenvalue weighted by atomic mass is 10.1. The van der Waals surface area contributed by atoms with Crippen molar-refractivity contribution in [2.45, 2.75) is 13.3 Å². The largest absolute Gasteiger partial charge is 0.497 e. The fourth-order valence-electron chi connectivity index (χ4n) is 2.76. The van der Waals surface area contributed by atoms with Gasteiger partial charge in [-0.15, -0.1) is 11.3 Å². The van der Waals surface area contributed by atoms with Crippen LogP contribution >= 0.6 is 11.3 Å². The predicted molar refractivity (Wildman–Crippen MR) is 103 cm³/mol. The Bertz CT molecular complexity index is 1110. The molecule has 4 rings (SSSR count). The van der Waals surface area contributed by atoms with E-state index in [9.17, 15) is 4.79 Å². The van der Waals surface area contributed by atoms with Gasteiger partial charge in [0.1, 0.15) is 11.4 Å². The number of aromatic nitrogens is 3. The first kappa shape index (κ1) is 16.5. The summed E-state index contributed by atoms with van der Waals surface area (Å²) >= 11 is 1.42. The molecule has 2 aromatic heterocycles. The number of aryl methyl sites for hydroxylation is 1. The molecule has 0 fully saturated rings. The molecule has 6 heteroatoms. The minimum atomic E-state index is -0.280. The van der Waals surface area contributed by atoms with Crippen LogP contribution in [0.15, 0.2) is 58.7 Å². The maximum Gasteiger partial charge on any atom is 0.296 e. The van der Waals surface area contributed by atoms with Gasteiger partial charge in [-0.3, -0.25) is 4.79 Å². The van der Waals surface area contributed by atoms with Crippen molar-refractivity contribution in [2.75, 3.05) is 7.11 Å². The lowest BCUT2D eigenvalue weighted by Gasteiger charge is -2.05. The summed E-state index contributed by atoms with van der Waals surface area (Å²) in [6, 6.07) is 15.9. The third kappa shape index (κ3) is 3.11. The fraction of sp³-hybridized carbons (Fsp3) is 0.150. The molecule has 5 nitrogen and oxygen atoms in total. The molecule has 0 N–H and O–H groups in total. The summed E-state index contributed by atoms with van der Waals surface area (Å²) in [6.45, 7) is 2.05. The zero-order valence-corrected chi connectivity index (χ0v) is 15.3. The molecule has 0 saturated heterocycles. The highest BCUT2D eigenvalue weighted by atomic mass is 32.1. The van der Waals surface area contributed by atoms with Crippen LogP contribution in [0.4, 0.5) is 0 Å². The van der Waals surface area contributed by atoms with Crippen LogP contribution in [0.2, 0.25) is 0 Å². The van der Waals surface area contributed by atoms with E-state index in [0.717, 1.165) is 22.6 Å². The zero-order chi connectivity index (χ0) is 18.1. The number of fused-ring (bicyclic) bond motifs is 1. The van der Waals surface area contributed by atoms with E-state index in [4.69, 9.17) is 4.74 Å². The van der Waals surface area contributed by atoms with Crippen LogP contribution in [0, 0.1) is 6.92 Å². The molecule has 0 spiro atoms. The van der Waals surface area contributed by atoms with Crippen LogP contribution < -0.4 is 10.3 Å². The average Bonchev–Trinajstić information content (AvgIpc) is 3.06. The van der Waals surface area contributed by atoms with Crippen molar-refractivity contribution in [1.82, 2.24) is 14.6 Å². The van der Waals surface area contributed by atoms with Crippen LogP contribution in [0.25, 0.3) is 16.2 Å². The second-order valence-electron chi connectivity index (χ2n) is 6.07. The Balaban J connectivity index is 1.75. The van der Waals surface area contributed by atoms with E-state index in [1.807, 2.05) is 29.6 Å². The monoisotopic (exact) mass is 363 g/mol. The predicted octanol–water partition coefficient (Wildman–Crippen LogP) is 3.73. The molecule has 26 heavy (non-hydrogen) atoms. The van der Waals surface area contributed by atoms with E-state index in [1.165, 1.54) is 16.9 Å². The summed E-state index contributed by atoms with van der Waals surface area (Å²) in [4.78, 5) is 17.2. The third-order valence-electron chi connectivity index (χ3n) is 4.23. The Morgan fingerprint density at radius 2 is 1.81 bits per heavy atom. The average molecular weight is 363 g/mol. The molecule has 0 radical (unpaired) electrons. The molecule has 0 bridgehead atoms. The van der Waals surface area contributed by atoms with Gasteiger partial charge in [0.25, 0.3) is 5.56 Å². The molecule has 2 heterocycles. The Labute approximate surface area is 154 Å². The number of nitrogens with zero attached hydrogens (tertiary/aromatic N) is 3. The Morgan fingerprint density at radius 1 is 1.08 bits per heavy atom. The number of thiazole rings is 1. The molecule has 4 aromatic rings. The van der Waals surface area contributed by atoms with Crippen LogP contribution in [0.5, 0.6) is 5.75 Å². The van der Waals surface area contributed by atoms with Gasteiger partial charge in [-0.05, 0) is 24.6 Å².